The Kier molecular flexibility index (Phi) is 4.96. The van der Waals surface area contributed by atoms with Crippen LogP contribution in [0.1, 0.15) is 46.1 Å². The Balaban J connectivity index is 1.84. The maximum atomic E-state index is 13.3. The van der Waals surface area contributed by atoms with E-state index in [-0.39, 0.29) is 13.0 Å². The van der Waals surface area contributed by atoms with Crippen LogP contribution in [0, 0.1) is 5.92 Å². The maximum absolute atomic E-state index is 13.3. The van der Waals surface area contributed by atoms with Gasteiger partial charge in [-0.15, -0.1) is 0 Å². The predicted molar refractivity (Wildman–Crippen MR) is 101 cm³/mol. The van der Waals surface area contributed by atoms with Gasteiger partial charge in [0.2, 0.25) is 5.60 Å². The zero-order valence-electron chi connectivity index (χ0n) is 16.7. The van der Waals surface area contributed by atoms with E-state index < -0.39 is 40.4 Å². The third-order valence-corrected chi connectivity index (χ3v) is 4.98. The lowest BCUT2D eigenvalue weighted by Crippen LogP contribution is -2.59. The zero-order valence-corrected chi connectivity index (χ0v) is 16.7. The summed E-state index contributed by atoms with van der Waals surface area (Å²) in [7, 11) is 0. The molecular weight excluding hydrogens is 360 g/mol. The fourth-order valence-electron chi connectivity index (χ4n) is 3.82. The number of hydrogen-bond donors (Lipinski definition) is 0. The first-order chi connectivity index (χ1) is 13.0. The predicted octanol–water partition coefficient (Wildman–Crippen LogP) is 3.13. The van der Waals surface area contributed by atoms with E-state index in [9.17, 15) is 14.4 Å². The molecular formula is C22H26O6. The summed E-state index contributed by atoms with van der Waals surface area (Å²) in [5.74, 6) is -3.24. The van der Waals surface area contributed by atoms with Crippen LogP contribution >= 0.6 is 0 Å². The van der Waals surface area contributed by atoms with Gasteiger partial charge in [-0.1, -0.05) is 36.9 Å². The van der Waals surface area contributed by atoms with Gasteiger partial charge in [-0.25, -0.2) is 4.79 Å². The van der Waals surface area contributed by atoms with E-state index in [1.807, 2.05) is 30.3 Å². The minimum absolute atomic E-state index is 0.0570. The molecule has 1 aromatic rings. The van der Waals surface area contributed by atoms with Crippen molar-refractivity contribution in [3.05, 3.63) is 48.0 Å². The second-order valence-corrected chi connectivity index (χ2v) is 8.73. The Labute approximate surface area is 164 Å². The fourth-order valence-corrected chi connectivity index (χ4v) is 3.82. The van der Waals surface area contributed by atoms with Crippen molar-refractivity contribution in [1.29, 1.82) is 0 Å². The van der Waals surface area contributed by atoms with Gasteiger partial charge in [0.25, 0.3) is 0 Å². The molecule has 0 saturated carbocycles. The molecule has 28 heavy (non-hydrogen) atoms. The van der Waals surface area contributed by atoms with Crippen molar-refractivity contribution in [1.82, 2.24) is 0 Å². The number of Topliss-reactive ketones (excluding diaryl/α,β-unsaturated/α-hetero) is 1. The number of ether oxygens (including phenoxy) is 3. The molecule has 0 unspecified atom stereocenters. The van der Waals surface area contributed by atoms with Crippen molar-refractivity contribution < 1.29 is 28.6 Å². The molecule has 0 aromatic heterocycles. The molecule has 0 amide bonds. The number of esters is 2. The lowest BCUT2D eigenvalue weighted by atomic mass is 9.82. The monoisotopic (exact) mass is 386 g/mol. The summed E-state index contributed by atoms with van der Waals surface area (Å²) in [5, 5.41) is 0. The van der Waals surface area contributed by atoms with Gasteiger partial charge in [0.15, 0.2) is 5.78 Å². The molecule has 0 aliphatic carbocycles. The molecule has 0 spiro atoms. The summed E-state index contributed by atoms with van der Waals surface area (Å²) in [4.78, 5) is 38.9. The molecule has 2 fully saturated rings. The molecule has 150 valence electrons. The third kappa shape index (κ3) is 3.61. The minimum Gasteiger partial charge on any atom is -0.460 e. The molecule has 0 radical (unpaired) electrons. The third-order valence-electron chi connectivity index (χ3n) is 4.98. The first-order valence-electron chi connectivity index (χ1n) is 9.34. The number of fused-ring (bicyclic) bond motifs is 2. The Morgan fingerprint density at radius 2 is 1.89 bits per heavy atom. The van der Waals surface area contributed by atoms with Crippen LogP contribution in [0.2, 0.25) is 0 Å². The Morgan fingerprint density at radius 1 is 1.25 bits per heavy atom. The van der Waals surface area contributed by atoms with Crippen molar-refractivity contribution in [3.8, 4) is 0 Å². The number of carbonyl (C=O) groups is 3. The van der Waals surface area contributed by atoms with E-state index in [2.05, 4.69) is 6.58 Å². The molecule has 2 heterocycles. The average Bonchev–Trinajstić information content (AvgIpc) is 2.84. The smallest absolute Gasteiger partial charge is 0.351 e. The quantitative estimate of drug-likeness (QED) is 0.449. The standard InChI is InChI=1S/C22H26O6/c1-14-11-21(5)12-16(18(24)26-13-15-9-7-6-8-10-15)17(23)22(14,28-21)19(25)27-20(2,3)4/h6-10,16H,1,11-13H2,2-5H3/t16-,21+,22-/m0/s1. The van der Waals surface area contributed by atoms with E-state index in [1.54, 1.807) is 27.7 Å². The van der Waals surface area contributed by atoms with E-state index in [0.717, 1.165) is 5.56 Å². The summed E-state index contributed by atoms with van der Waals surface area (Å²) in [6, 6.07) is 9.20. The maximum Gasteiger partial charge on any atom is 0.351 e. The molecule has 2 aliphatic rings. The minimum atomic E-state index is -1.95. The number of hydrogen-bond acceptors (Lipinski definition) is 6. The summed E-state index contributed by atoms with van der Waals surface area (Å²) >= 11 is 0. The van der Waals surface area contributed by atoms with E-state index in [1.165, 1.54) is 0 Å². The highest BCUT2D eigenvalue weighted by molar-refractivity contribution is 6.18. The van der Waals surface area contributed by atoms with Crippen LogP contribution in [0.5, 0.6) is 0 Å². The summed E-state index contributed by atoms with van der Waals surface area (Å²) < 4.78 is 16.7. The fraction of sp³-hybridized carbons (Fsp3) is 0.500. The molecule has 2 bridgehead atoms. The topological polar surface area (TPSA) is 78.9 Å². The van der Waals surface area contributed by atoms with Gasteiger partial charge in [0.05, 0.1) is 5.60 Å². The highest BCUT2D eigenvalue weighted by Gasteiger charge is 2.67. The van der Waals surface area contributed by atoms with Crippen molar-refractivity contribution in [2.24, 2.45) is 5.92 Å². The van der Waals surface area contributed by atoms with Gasteiger partial charge >= 0.3 is 11.9 Å². The molecule has 3 rings (SSSR count). The largest absolute Gasteiger partial charge is 0.460 e. The van der Waals surface area contributed by atoms with Crippen LogP contribution in [0.15, 0.2) is 42.5 Å². The van der Waals surface area contributed by atoms with Gasteiger partial charge in [-0.3, -0.25) is 9.59 Å². The van der Waals surface area contributed by atoms with E-state index in [4.69, 9.17) is 14.2 Å². The highest BCUT2D eigenvalue weighted by Crippen LogP contribution is 2.51. The number of carbonyl (C=O) groups excluding carboxylic acids is 3. The van der Waals surface area contributed by atoms with Crippen molar-refractivity contribution in [2.45, 2.75) is 63.9 Å². The highest BCUT2D eigenvalue weighted by atomic mass is 16.6. The van der Waals surface area contributed by atoms with Crippen LogP contribution in [-0.4, -0.2) is 34.5 Å². The SMILES string of the molecule is C=C1C[C@]2(C)C[C@H](C(=O)OCc3ccccc3)C(=O)[C@@]1(C(=O)OC(C)(C)C)O2. The van der Waals surface area contributed by atoms with Crippen LogP contribution in [0.3, 0.4) is 0 Å². The first kappa shape index (κ1) is 20.3. The van der Waals surface area contributed by atoms with Crippen molar-refractivity contribution >= 4 is 17.7 Å². The number of ketones is 1. The second-order valence-electron chi connectivity index (χ2n) is 8.73. The zero-order chi connectivity index (χ0) is 20.7. The molecule has 0 N–H and O–H groups in total. The van der Waals surface area contributed by atoms with E-state index >= 15 is 0 Å². The summed E-state index contributed by atoms with van der Waals surface area (Å²) in [6.45, 7) is 10.9. The second kappa shape index (κ2) is 6.85. The van der Waals surface area contributed by atoms with Gasteiger partial charge in [0, 0.05) is 6.42 Å². The lowest BCUT2D eigenvalue weighted by Gasteiger charge is -2.39. The molecule has 2 saturated heterocycles. The van der Waals surface area contributed by atoms with Crippen LogP contribution in [0.4, 0.5) is 0 Å². The molecule has 1 aromatic carbocycles. The van der Waals surface area contributed by atoms with Gasteiger partial charge in [-0.2, -0.15) is 0 Å². The normalized spacial score (nSPS) is 29.5. The first-order valence-corrected chi connectivity index (χ1v) is 9.34. The molecule has 2 aliphatic heterocycles. The summed E-state index contributed by atoms with van der Waals surface area (Å²) in [5.41, 5.74) is -2.46. The van der Waals surface area contributed by atoms with Gasteiger partial charge < -0.3 is 14.2 Å². The molecule has 6 nitrogen and oxygen atoms in total. The van der Waals surface area contributed by atoms with E-state index in [0.29, 0.717) is 12.0 Å². The Morgan fingerprint density at radius 3 is 2.50 bits per heavy atom. The van der Waals surface area contributed by atoms with Gasteiger partial charge in [-0.05, 0) is 45.3 Å². The van der Waals surface area contributed by atoms with Crippen LogP contribution in [0.25, 0.3) is 0 Å². The lowest BCUT2D eigenvalue weighted by molar-refractivity contribution is -0.201. The van der Waals surface area contributed by atoms with Gasteiger partial charge in [0.1, 0.15) is 18.1 Å². The number of rotatable bonds is 4. The summed E-state index contributed by atoms with van der Waals surface area (Å²) in [6.07, 6.45) is 0.448. The Hall–Kier alpha value is -2.47. The molecule has 6 heteroatoms. The van der Waals surface area contributed by atoms with Crippen LogP contribution < -0.4 is 0 Å². The average molecular weight is 386 g/mol. The van der Waals surface area contributed by atoms with Crippen LogP contribution in [-0.2, 0) is 35.2 Å². The molecule has 3 atom stereocenters. The Bertz CT molecular complexity index is 821. The van der Waals surface area contributed by atoms with Crippen molar-refractivity contribution in [3.63, 3.8) is 0 Å². The number of benzene rings is 1. The van der Waals surface area contributed by atoms with Crippen molar-refractivity contribution in [2.75, 3.05) is 0 Å².